The first kappa shape index (κ1) is 12.5. The Bertz CT molecular complexity index is 494. The zero-order valence-electron chi connectivity index (χ0n) is 10.9. The summed E-state index contributed by atoms with van der Waals surface area (Å²) in [6.45, 7) is 6.87. The summed E-state index contributed by atoms with van der Waals surface area (Å²) in [5.74, 6) is 0.501. The third kappa shape index (κ3) is 2.07. The van der Waals surface area contributed by atoms with Crippen LogP contribution in [0.25, 0.3) is 0 Å². The highest BCUT2D eigenvalue weighted by Gasteiger charge is 2.43. The largest absolute Gasteiger partial charge is 0.340 e. The maximum atomic E-state index is 12.2. The minimum Gasteiger partial charge on any atom is -0.340 e. The van der Waals surface area contributed by atoms with Gasteiger partial charge < -0.3 is 14.7 Å². The second kappa shape index (κ2) is 4.08. The molecule has 1 aromatic heterocycles. The molecule has 2 amide bonds. The van der Waals surface area contributed by atoms with E-state index in [0.29, 0.717) is 11.7 Å². The number of carbonyl (C=O) groups excluding carboxylic acids is 2. The first-order valence-corrected chi connectivity index (χ1v) is 5.73. The molecule has 1 aliphatic rings. The number of nitrogens with zero attached hydrogens (tertiary/aromatic N) is 3. The molecule has 1 fully saturated rings. The van der Waals surface area contributed by atoms with E-state index in [4.69, 9.17) is 4.52 Å². The van der Waals surface area contributed by atoms with E-state index < -0.39 is 11.6 Å². The second-order valence-electron chi connectivity index (χ2n) is 4.95. The summed E-state index contributed by atoms with van der Waals surface area (Å²) in [6, 6.07) is -0.538. The molecule has 0 bridgehead atoms. The highest BCUT2D eigenvalue weighted by molar-refractivity contribution is 5.98. The molecular weight excluding hydrogens is 236 g/mol. The van der Waals surface area contributed by atoms with Crippen LogP contribution in [0.5, 0.6) is 0 Å². The van der Waals surface area contributed by atoms with Crippen molar-refractivity contribution >= 4 is 11.8 Å². The lowest BCUT2D eigenvalue weighted by Gasteiger charge is -2.40. The lowest BCUT2D eigenvalue weighted by atomic mass is 9.97. The Morgan fingerprint density at radius 1 is 1.44 bits per heavy atom. The van der Waals surface area contributed by atoms with Crippen LogP contribution < -0.4 is 5.32 Å². The van der Waals surface area contributed by atoms with Crippen LogP contribution in [0.15, 0.2) is 4.52 Å². The topological polar surface area (TPSA) is 88.3 Å². The van der Waals surface area contributed by atoms with Crippen molar-refractivity contribution in [3.63, 3.8) is 0 Å². The number of hydrogen-bond acceptors (Lipinski definition) is 5. The van der Waals surface area contributed by atoms with Gasteiger partial charge in [0.05, 0.1) is 6.54 Å². The first-order valence-electron chi connectivity index (χ1n) is 5.73. The Kier molecular flexibility index (Phi) is 2.84. The quantitative estimate of drug-likeness (QED) is 0.800. The molecule has 0 spiro atoms. The summed E-state index contributed by atoms with van der Waals surface area (Å²) in [5.41, 5.74) is -0.900. The Labute approximate surface area is 105 Å². The molecular formula is C11H16N4O3. The van der Waals surface area contributed by atoms with Gasteiger partial charge in [-0.3, -0.25) is 9.59 Å². The first-order chi connectivity index (χ1) is 8.31. The predicted octanol–water partition coefficient (Wildman–Crippen LogP) is 0.00352. The molecule has 7 heteroatoms. The van der Waals surface area contributed by atoms with Gasteiger partial charge in [-0.2, -0.15) is 4.98 Å². The number of amides is 2. The third-order valence-electron chi connectivity index (χ3n) is 2.96. The lowest BCUT2D eigenvalue weighted by Crippen LogP contribution is -2.67. The zero-order valence-corrected chi connectivity index (χ0v) is 10.9. The molecule has 0 radical (unpaired) electrons. The molecule has 7 nitrogen and oxygen atoms in total. The van der Waals surface area contributed by atoms with Crippen molar-refractivity contribution in [2.45, 2.75) is 45.8 Å². The third-order valence-corrected chi connectivity index (χ3v) is 2.96. The minimum atomic E-state index is -0.900. The Balaban J connectivity index is 2.23. The van der Waals surface area contributed by atoms with Crippen LogP contribution in [0.1, 0.15) is 32.5 Å². The van der Waals surface area contributed by atoms with Gasteiger partial charge in [0.1, 0.15) is 11.6 Å². The summed E-state index contributed by atoms with van der Waals surface area (Å²) in [4.78, 5) is 29.5. The van der Waals surface area contributed by atoms with Crippen molar-refractivity contribution in [2.24, 2.45) is 0 Å². The number of aryl methyl sites for hydroxylation is 1. The number of piperazine rings is 1. The molecule has 1 saturated heterocycles. The van der Waals surface area contributed by atoms with Crippen LogP contribution in [0.3, 0.4) is 0 Å². The summed E-state index contributed by atoms with van der Waals surface area (Å²) in [7, 11) is 0. The van der Waals surface area contributed by atoms with Crippen molar-refractivity contribution in [1.82, 2.24) is 20.4 Å². The van der Waals surface area contributed by atoms with E-state index in [9.17, 15) is 9.59 Å². The lowest BCUT2D eigenvalue weighted by molar-refractivity contribution is -0.153. The van der Waals surface area contributed by atoms with Gasteiger partial charge in [-0.25, -0.2) is 0 Å². The highest BCUT2D eigenvalue weighted by Crippen LogP contribution is 2.19. The Morgan fingerprint density at radius 2 is 2.11 bits per heavy atom. The molecule has 98 valence electrons. The van der Waals surface area contributed by atoms with Crippen LogP contribution in [-0.2, 0) is 16.1 Å². The van der Waals surface area contributed by atoms with Gasteiger partial charge in [0.15, 0.2) is 5.82 Å². The van der Waals surface area contributed by atoms with Gasteiger partial charge in [-0.1, -0.05) is 5.16 Å². The molecule has 1 aliphatic heterocycles. The van der Waals surface area contributed by atoms with Gasteiger partial charge in [0.2, 0.25) is 17.7 Å². The fourth-order valence-electron chi connectivity index (χ4n) is 1.91. The fraction of sp³-hybridized carbons (Fsp3) is 0.636. The molecule has 0 aliphatic carbocycles. The monoisotopic (exact) mass is 252 g/mol. The normalized spacial score (nSPS) is 23.1. The van der Waals surface area contributed by atoms with E-state index in [1.54, 1.807) is 27.7 Å². The molecule has 18 heavy (non-hydrogen) atoms. The van der Waals surface area contributed by atoms with E-state index in [-0.39, 0.29) is 18.4 Å². The SMILES string of the molecule is Cc1nc(CN2C(=O)C(C)(C)NC(=O)C2C)no1. The second-order valence-corrected chi connectivity index (χ2v) is 4.95. The number of hydrogen-bond donors (Lipinski definition) is 1. The molecule has 2 heterocycles. The van der Waals surface area contributed by atoms with Crippen LogP contribution in [0.2, 0.25) is 0 Å². The van der Waals surface area contributed by atoms with Crippen molar-refractivity contribution < 1.29 is 14.1 Å². The summed E-state index contributed by atoms with van der Waals surface area (Å²) in [5, 5.41) is 6.42. The van der Waals surface area contributed by atoms with E-state index in [1.807, 2.05) is 0 Å². The van der Waals surface area contributed by atoms with Crippen molar-refractivity contribution in [2.75, 3.05) is 0 Å². The molecule has 2 rings (SSSR count). The summed E-state index contributed by atoms with van der Waals surface area (Å²) >= 11 is 0. The van der Waals surface area contributed by atoms with E-state index >= 15 is 0 Å². The smallest absolute Gasteiger partial charge is 0.248 e. The number of nitrogens with one attached hydrogen (secondary N) is 1. The van der Waals surface area contributed by atoms with Crippen molar-refractivity contribution in [3.05, 3.63) is 11.7 Å². The molecule has 1 atom stereocenters. The van der Waals surface area contributed by atoms with Crippen LogP contribution >= 0.6 is 0 Å². The van der Waals surface area contributed by atoms with E-state index in [0.717, 1.165) is 0 Å². The van der Waals surface area contributed by atoms with Gasteiger partial charge in [0.25, 0.3) is 0 Å². The molecule has 0 aromatic carbocycles. The highest BCUT2D eigenvalue weighted by atomic mass is 16.5. The molecule has 1 aromatic rings. The van der Waals surface area contributed by atoms with Crippen molar-refractivity contribution in [3.8, 4) is 0 Å². The molecule has 1 unspecified atom stereocenters. The minimum absolute atomic E-state index is 0.156. The fourth-order valence-corrected chi connectivity index (χ4v) is 1.91. The summed E-state index contributed by atoms with van der Waals surface area (Å²) in [6.07, 6.45) is 0. The number of carbonyl (C=O) groups is 2. The molecule has 0 saturated carbocycles. The standard InChI is InChI=1S/C11H16N4O3/c1-6-9(16)13-11(3,4)10(17)15(6)5-8-12-7(2)18-14-8/h6H,5H2,1-4H3,(H,13,16). The number of aromatic nitrogens is 2. The van der Waals surface area contributed by atoms with E-state index in [2.05, 4.69) is 15.5 Å². The van der Waals surface area contributed by atoms with Gasteiger partial charge in [0, 0.05) is 6.92 Å². The predicted molar refractivity (Wildman–Crippen MR) is 61.3 cm³/mol. The Morgan fingerprint density at radius 3 is 2.67 bits per heavy atom. The van der Waals surface area contributed by atoms with Crippen LogP contribution in [0, 0.1) is 6.92 Å². The molecule has 1 N–H and O–H groups in total. The van der Waals surface area contributed by atoms with Gasteiger partial charge >= 0.3 is 0 Å². The average molecular weight is 252 g/mol. The van der Waals surface area contributed by atoms with Crippen LogP contribution in [-0.4, -0.2) is 38.4 Å². The maximum absolute atomic E-state index is 12.2. The Hall–Kier alpha value is -1.92. The van der Waals surface area contributed by atoms with Gasteiger partial charge in [-0.05, 0) is 20.8 Å². The number of rotatable bonds is 2. The van der Waals surface area contributed by atoms with Gasteiger partial charge in [-0.15, -0.1) is 0 Å². The summed E-state index contributed by atoms with van der Waals surface area (Å²) < 4.78 is 4.86. The zero-order chi connectivity index (χ0) is 13.5. The average Bonchev–Trinajstić information content (AvgIpc) is 2.67. The van der Waals surface area contributed by atoms with Crippen molar-refractivity contribution in [1.29, 1.82) is 0 Å². The van der Waals surface area contributed by atoms with E-state index in [1.165, 1.54) is 4.90 Å². The van der Waals surface area contributed by atoms with Crippen LogP contribution in [0.4, 0.5) is 0 Å². The maximum Gasteiger partial charge on any atom is 0.248 e.